The smallest absolute Gasteiger partial charge is 0.389 e. The van der Waals surface area contributed by atoms with Gasteiger partial charge < -0.3 is 15.6 Å². The second-order valence-electron chi connectivity index (χ2n) is 7.39. The van der Waals surface area contributed by atoms with Gasteiger partial charge >= 0.3 is 6.80 Å². The molecule has 0 bridgehead atoms. The number of nitro benzene ring substituents is 1. The van der Waals surface area contributed by atoms with E-state index in [0.717, 1.165) is 11.4 Å². The molecule has 5 rings (SSSR count). The van der Waals surface area contributed by atoms with Gasteiger partial charge in [-0.3, -0.25) is 23.7 Å². The highest BCUT2D eigenvalue weighted by atomic mass is 79.9. The van der Waals surface area contributed by atoms with Crippen LogP contribution in [0.25, 0.3) is 11.2 Å². The molecule has 174 valence electrons. The molecule has 15 heteroatoms. The van der Waals surface area contributed by atoms with Crippen molar-refractivity contribution < 1.29 is 28.4 Å². The molecule has 3 unspecified atom stereocenters. The molecule has 2 fully saturated rings. The first-order valence-electron chi connectivity index (χ1n) is 9.68. The molecule has 2 saturated heterocycles. The largest absolute Gasteiger partial charge is 0.397 e. The summed E-state index contributed by atoms with van der Waals surface area (Å²) in [6.45, 7) is -3.66. The van der Waals surface area contributed by atoms with Crippen molar-refractivity contribution >= 4 is 56.6 Å². The number of ether oxygens (including phenoxy) is 1. The topological polar surface area (TPSA) is 165 Å². The van der Waals surface area contributed by atoms with Crippen LogP contribution in [0.4, 0.5) is 11.4 Å². The summed E-state index contributed by atoms with van der Waals surface area (Å²) in [6, 6.07) is 7.52. The lowest BCUT2D eigenvalue weighted by atomic mass is 10.1. The normalized spacial score (nSPS) is 29.3. The summed E-state index contributed by atoms with van der Waals surface area (Å²) in [6.07, 6.45) is -2.12. The number of non-ortho nitro benzene ring substituents is 1. The predicted molar refractivity (Wildman–Crippen MR) is 122 cm³/mol. The van der Waals surface area contributed by atoms with Gasteiger partial charge in [-0.2, -0.15) is 0 Å². The van der Waals surface area contributed by atoms with Crippen molar-refractivity contribution in [2.75, 3.05) is 12.3 Å². The summed E-state index contributed by atoms with van der Waals surface area (Å²) in [5, 5.41) is 21.8. The first-order chi connectivity index (χ1) is 15.8. The highest BCUT2D eigenvalue weighted by Gasteiger charge is 2.53. The van der Waals surface area contributed by atoms with Crippen LogP contribution in [0.3, 0.4) is 0 Å². The quantitative estimate of drug-likeness (QED) is 0.268. The Morgan fingerprint density at radius 3 is 2.85 bits per heavy atom. The van der Waals surface area contributed by atoms with Crippen LogP contribution in [0.5, 0.6) is 0 Å². The van der Waals surface area contributed by atoms with Crippen molar-refractivity contribution in [3.63, 3.8) is 0 Å². The van der Waals surface area contributed by atoms with E-state index < -0.39 is 36.3 Å². The van der Waals surface area contributed by atoms with Crippen LogP contribution in [0, 0.1) is 10.1 Å². The Labute approximate surface area is 199 Å². The van der Waals surface area contributed by atoms with Crippen LogP contribution in [0.15, 0.2) is 41.3 Å². The SMILES string of the molecule is Nc1ccnc2c1nc(Br)n2[C@@H]1O[C@@H]2COP(=O)(SCc3ccc([N+](=O)[O-])cc3)OC2C1O. The molecule has 4 heterocycles. The van der Waals surface area contributed by atoms with E-state index in [9.17, 15) is 19.8 Å². The number of nitrogens with zero attached hydrogens (tertiary/aromatic N) is 4. The molecular formula is C18H17BrN5O7PS. The van der Waals surface area contributed by atoms with E-state index in [4.69, 9.17) is 19.5 Å². The number of imidazole rings is 1. The maximum Gasteiger partial charge on any atom is 0.389 e. The summed E-state index contributed by atoms with van der Waals surface area (Å²) in [4.78, 5) is 18.9. The zero-order valence-corrected chi connectivity index (χ0v) is 20.0. The van der Waals surface area contributed by atoms with E-state index in [-0.39, 0.29) is 18.0 Å². The number of nitrogens with two attached hydrogens (primary N) is 1. The lowest BCUT2D eigenvalue weighted by Crippen LogP contribution is -2.38. The number of nitrogen functional groups attached to an aromatic ring is 1. The van der Waals surface area contributed by atoms with Gasteiger partial charge in [0.25, 0.3) is 5.69 Å². The van der Waals surface area contributed by atoms with Gasteiger partial charge in [-0.25, -0.2) is 14.5 Å². The molecule has 1 aromatic carbocycles. The highest BCUT2D eigenvalue weighted by Crippen LogP contribution is 2.66. The van der Waals surface area contributed by atoms with Crippen molar-refractivity contribution in [1.29, 1.82) is 0 Å². The second kappa shape index (κ2) is 8.62. The maximum atomic E-state index is 13.2. The van der Waals surface area contributed by atoms with E-state index in [1.54, 1.807) is 22.8 Å². The number of aromatic nitrogens is 3. The van der Waals surface area contributed by atoms with Gasteiger partial charge in [0.1, 0.15) is 23.8 Å². The minimum Gasteiger partial charge on any atom is -0.397 e. The van der Waals surface area contributed by atoms with Gasteiger partial charge in [0.15, 0.2) is 16.6 Å². The van der Waals surface area contributed by atoms with E-state index in [2.05, 4.69) is 25.9 Å². The molecule has 2 aliphatic rings. The van der Waals surface area contributed by atoms with Gasteiger partial charge in [0.2, 0.25) is 0 Å². The summed E-state index contributed by atoms with van der Waals surface area (Å²) >= 11 is 4.30. The lowest BCUT2D eigenvalue weighted by Gasteiger charge is -2.31. The monoisotopic (exact) mass is 557 g/mol. The molecule has 0 aliphatic carbocycles. The van der Waals surface area contributed by atoms with Gasteiger partial charge in [0, 0.05) is 24.1 Å². The number of aliphatic hydroxyl groups excluding tert-OH is 1. The number of benzene rings is 1. The third-order valence-corrected chi connectivity index (χ3v) is 9.53. The number of fused-ring (bicyclic) bond motifs is 2. The molecule has 0 saturated carbocycles. The predicted octanol–water partition coefficient (Wildman–Crippen LogP) is 3.40. The number of rotatable bonds is 5. The van der Waals surface area contributed by atoms with E-state index in [0.29, 0.717) is 27.1 Å². The van der Waals surface area contributed by atoms with Crippen molar-refractivity contribution in [3.8, 4) is 0 Å². The Bertz CT molecular complexity index is 1280. The molecule has 0 spiro atoms. The molecule has 3 aromatic rings. The van der Waals surface area contributed by atoms with Crippen LogP contribution < -0.4 is 5.73 Å². The Morgan fingerprint density at radius 2 is 2.12 bits per heavy atom. The zero-order chi connectivity index (χ0) is 23.3. The minimum absolute atomic E-state index is 0.0323. The fraction of sp³-hybridized carbons (Fsp3) is 0.333. The van der Waals surface area contributed by atoms with Gasteiger partial charge in [0.05, 0.1) is 17.2 Å². The average Bonchev–Trinajstić information content (AvgIpc) is 3.29. The lowest BCUT2D eigenvalue weighted by molar-refractivity contribution is -0.384. The Morgan fingerprint density at radius 1 is 1.36 bits per heavy atom. The molecule has 2 aromatic heterocycles. The second-order valence-corrected chi connectivity index (χ2v) is 12.1. The number of halogens is 1. The molecule has 0 amide bonds. The van der Waals surface area contributed by atoms with E-state index >= 15 is 0 Å². The van der Waals surface area contributed by atoms with Crippen LogP contribution >= 0.6 is 34.1 Å². The molecule has 3 N–H and O–H groups in total. The third kappa shape index (κ3) is 4.16. The third-order valence-electron chi connectivity index (χ3n) is 5.32. The van der Waals surface area contributed by atoms with Crippen molar-refractivity contribution in [2.45, 2.75) is 30.3 Å². The van der Waals surface area contributed by atoms with Gasteiger partial charge in [-0.05, 0) is 38.9 Å². The molecule has 2 aliphatic heterocycles. The summed E-state index contributed by atoms with van der Waals surface area (Å²) in [7, 11) is 0. The first-order valence-corrected chi connectivity index (χ1v) is 13.6. The maximum absolute atomic E-state index is 13.2. The number of pyridine rings is 1. The van der Waals surface area contributed by atoms with Crippen LogP contribution in [0.1, 0.15) is 11.8 Å². The highest BCUT2D eigenvalue weighted by molar-refractivity contribution is 9.10. The Hall–Kier alpha value is -2.06. The summed E-state index contributed by atoms with van der Waals surface area (Å²) < 4.78 is 32.3. The number of anilines is 1. The number of nitro groups is 1. The standard InChI is InChI=1S/C18H17BrN5O7PS/c19-18-22-13-11(20)5-6-21-16(13)23(18)17-14(25)15-12(30-17)7-29-32(28,31-15)33-8-9-1-3-10(4-2-9)24(26)27/h1-6,12,14-15,17,25H,7-8H2,(H2,20,21)/t12-,14?,15?,17-,32?/m1/s1. The van der Waals surface area contributed by atoms with Gasteiger partial charge in [-0.1, -0.05) is 12.1 Å². The van der Waals surface area contributed by atoms with Crippen LogP contribution in [0.2, 0.25) is 0 Å². The van der Waals surface area contributed by atoms with E-state index in [1.165, 1.54) is 18.3 Å². The molecule has 5 atom stereocenters. The molecule has 0 radical (unpaired) electrons. The van der Waals surface area contributed by atoms with E-state index in [1.807, 2.05) is 0 Å². The van der Waals surface area contributed by atoms with Crippen molar-refractivity contribution in [3.05, 3.63) is 56.9 Å². The Kier molecular flexibility index (Phi) is 5.93. The zero-order valence-electron chi connectivity index (χ0n) is 16.7. The minimum atomic E-state index is -3.62. The average molecular weight is 558 g/mol. The van der Waals surface area contributed by atoms with Crippen molar-refractivity contribution in [1.82, 2.24) is 14.5 Å². The molecule has 12 nitrogen and oxygen atoms in total. The van der Waals surface area contributed by atoms with Crippen molar-refractivity contribution in [2.24, 2.45) is 0 Å². The summed E-state index contributed by atoms with van der Waals surface area (Å²) in [5.41, 5.74) is 7.95. The molecule has 33 heavy (non-hydrogen) atoms. The fourth-order valence-electron chi connectivity index (χ4n) is 3.68. The summed E-state index contributed by atoms with van der Waals surface area (Å²) in [5.74, 6) is 0.244. The number of aliphatic hydroxyl groups is 1. The van der Waals surface area contributed by atoms with Crippen LogP contribution in [-0.2, 0) is 24.1 Å². The first kappa shape index (κ1) is 22.7. The van der Waals surface area contributed by atoms with Gasteiger partial charge in [-0.15, -0.1) is 0 Å². The van der Waals surface area contributed by atoms with Crippen LogP contribution in [-0.4, -0.2) is 49.5 Å². The Balaban J connectivity index is 1.32. The molecular weight excluding hydrogens is 541 g/mol. The fourth-order valence-corrected chi connectivity index (χ4v) is 7.62. The number of hydrogen-bond donors (Lipinski definition) is 2. The number of hydrogen-bond acceptors (Lipinski definition) is 11.